The van der Waals surface area contributed by atoms with Crippen LogP contribution in [0, 0.1) is 0 Å². The maximum atomic E-state index is 4.16. The Balaban J connectivity index is 2.33. The zero-order valence-electron chi connectivity index (χ0n) is 7.02. The first-order valence-electron chi connectivity index (χ1n) is 4.05. The van der Waals surface area contributed by atoms with Gasteiger partial charge in [0.2, 0.25) is 0 Å². The van der Waals surface area contributed by atoms with Crippen molar-refractivity contribution in [1.82, 2.24) is 9.78 Å². The second-order valence-electron chi connectivity index (χ2n) is 2.75. The number of alkyl halides is 1. The predicted octanol–water partition coefficient (Wildman–Crippen LogP) is 2.81. The molecule has 0 spiro atoms. The molecule has 1 aromatic heterocycles. The summed E-state index contributed by atoms with van der Waals surface area (Å²) >= 11 is 2.36. The highest BCUT2D eigenvalue weighted by Crippen LogP contribution is 2.10. The molecular formula is C10H9IN2. The Morgan fingerprint density at radius 2 is 2.00 bits per heavy atom. The summed E-state index contributed by atoms with van der Waals surface area (Å²) in [6.07, 6.45) is 3.73. The van der Waals surface area contributed by atoms with Crippen molar-refractivity contribution in [2.75, 3.05) is 0 Å². The Labute approximate surface area is 90.7 Å². The number of halogens is 1. The van der Waals surface area contributed by atoms with Crippen LogP contribution in [0.5, 0.6) is 0 Å². The Morgan fingerprint density at radius 1 is 1.23 bits per heavy atom. The minimum Gasteiger partial charge on any atom is -0.241 e. The van der Waals surface area contributed by atoms with Crippen LogP contribution in [0.15, 0.2) is 42.7 Å². The van der Waals surface area contributed by atoms with Gasteiger partial charge in [-0.05, 0) is 23.8 Å². The zero-order valence-corrected chi connectivity index (χ0v) is 9.18. The monoisotopic (exact) mass is 284 g/mol. The van der Waals surface area contributed by atoms with Gasteiger partial charge in [-0.25, -0.2) is 4.68 Å². The molecule has 2 aromatic rings. The molecule has 0 fully saturated rings. The Morgan fingerprint density at radius 3 is 2.54 bits per heavy atom. The second-order valence-corrected chi connectivity index (χ2v) is 3.51. The van der Waals surface area contributed by atoms with E-state index in [4.69, 9.17) is 0 Å². The van der Waals surface area contributed by atoms with Crippen LogP contribution in [-0.4, -0.2) is 9.78 Å². The predicted molar refractivity (Wildman–Crippen MR) is 61.3 cm³/mol. The molecule has 2 nitrogen and oxygen atoms in total. The summed E-state index contributed by atoms with van der Waals surface area (Å²) in [5.74, 6) is 0. The molecule has 2 rings (SSSR count). The van der Waals surface area contributed by atoms with Gasteiger partial charge in [-0.1, -0.05) is 34.7 Å². The van der Waals surface area contributed by atoms with E-state index < -0.39 is 0 Å². The van der Waals surface area contributed by atoms with E-state index in [1.54, 1.807) is 6.20 Å². The number of hydrogen-bond donors (Lipinski definition) is 0. The maximum absolute atomic E-state index is 4.16. The van der Waals surface area contributed by atoms with Crippen molar-refractivity contribution in [2.45, 2.75) is 4.43 Å². The minimum absolute atomic E-state index is 1.05. The molecule has 0 unspecified atom stereocenters. The Hall–Kier alpha value is -0.840. The van der Waals surface area contributed by atoms with Crippen molar-refractivity contribution in [1.29, 1.82) is 0 Å². The molecule has 13 heavy (non-hydrogen) atoms. The van der Waals surface area contributed by atoms with Crippen LogP contribution in [0.2, 0.25) is 0 Å². The van der Waals surface area contributed by atoms with Gasteiger partial charge in [0.1, 0.15) is 0 Å². The van der Waals surface area contributed by atoms with E-state index in [0.717, 1.165) is 10.1 Å². The standard InChI is InChI=1S/C10H9IN2/c11-8-9-2-4-10(5-3-9)13-7-1-6-12-13/h1-7H,8H2. The van der Waals surface area contributed by atoms with Crippen LogP contribution >= 0.6 is 22.6 Å². The minimum atomic E-state index is 1.05. The topological polar surface area (TPSA) is 17.8 Å². The van der Waals surface area contributed by atoms with Crippen LogP contribution in [0.25, 0.3) is 5.69 Å². The van der Waals surface area contributed by atoms with Gasteiger partial charge in [-0.3, -0.25) is 0 Å². The summed E-state index contributed by atoms with van der Waals surface area (Å²) in [6, 6.07) is 10.3. The molecule has 0 saturated carbocycles. The average Bonchev–Trinajstić information content (AvgIpc) is 2.71. The van der Waals surface area contributed by atoms with E-state index in [1.165, 1.54) is 5.56 Å². The molecule has 0 aliphatic rings. The van der Waals surface area contributed by atoms with E-state index in [9.17, 15) is 0 Å². The average molecular weight is 284 g/mol. The van der Waals surface area contributed by atoms with Crippen LogP contribution < -0.4 is 0 Å². The van der Waals surface area contributed by atoms with Crippen LogP contribution in [0.3, 0.4) is 0 Å². The highest BCUT2D eigenvalue weighted by molar-refractivity contribution is 14.1. The summed E-state index contributed by atoms with van der Waals surface area (Å²) < 4.78 is 2.91. The lowest BCUT2D eigenvalue weighted by molar-refractivity contribution is 0.880. The van der Waals surface area contributed by atoms with Crippen molar-refractivity contribution in [2.24, 2.45) is 0 Å². The first kappa shape index (κ1) is 8.74. The lowest BCUT2D eigenvalue weighted by Gasteiger charge is -2.01. The van der Waals surface area contributed by atoms with E-state index >= 15 is 0 Å². The van der Waals surface area contributed by atoms with Crippen LogP contribution in [-0.2, 0) is 4.43 Å². The van der Waals surface area contributed by atoms with Crippen LogP contribution in [0.1, 0.15) is 5.56 Å². The molecule has 1 heterocycles. The van der Waals surface area contributed by atoms with E-state index in [2.05, 4.69) is 52.0 Å². The molecule has 0 amide bonds. The van der Waals surface area contributed by atoms with Crippen molar-refractivity contribution in [3.63, 3.8) is 0 Å². The fourth-order valence-corrected chi connectivity index (χ4v) is 1.67. The molecule has 0 aliphatic carbocycles. The van der Waals surface area contributed by atoms with Crippen LogP contribution in [0.4, 0.5) is 0 Å². The number of hydrogen-bond acceptors (Lipinski definition) is 1. The normalized spacial score (nSPS) is 10.2. The molecule has 0 atom stereocenters. The lowest BCUT2D eigenvalue weighted by Crippen LogP contribution is -1.93. The van der Waals surface area contributed by atoms with E-state index in [-0.39, 0.29) is 0 Å². The van der Waals surface area contributed by atoms with Gasteiger partial charge in [0.05, 0.1) is 5.69 Å². The smallest absolute Gasteiger partial charge is 0.0645 e. The largest absolute Gasteiger partial charge is 0.241 e. The van der Waals surface area contributed by atoms with Crippen molar-refractivity contribution in [3.05, 3.63) is 48.3 Å². The molecule has 0 radical (unpaired) electrons. The molecule has 3 heteroatoms. The quantitative estimate of drug-likeness (QED) is 0.612. The summed E-state index contributed by atoms with van der Waals surface area (Å²) in [5, 5.41) is 4.16. The third-order valence-corrected chi connectivity index (χ3v) is 2.74. The van der Waals surface area contributed by atoms with Crippen molar-refractivity contribution < 1.29 is 0 Å². The van der Waals surface area contributed by atoms with Gasteiger partial charge >= 0.3 is 0 Å². The van der Waals surface area contributed by atoms with Gasteiger partial charge in [0.25, 0.3) is 0 Å². The summed E-state index contributed by atoms with van der Waals surface area (Å²) in [6.45, 7) is 0. The SMILES string of the molecule is ICc1ccc(-n2cccn2)cc1. The zero-order chi connectivity index (χ0) is 9.10. The summed E-state index contributed by atoms with van der Waals surface area (Å²) in [4.78, 5) is 0. The lowest BCUT2D eigenvalue weighted by atomic mass is 10.2. The van der Waals surface area contributed by atoms with Gasteiger partial charge in [0, 0.05) is 16.8 Å². The molecule has 66 valence electrons. The van der Waals surface area contributed by atoms with E-state index in [0.29, 0.717) is 0 Å². The van der Waals surface area contributed by atoms with Gasteiger partial charge < -0.3 is 0 Å². The van der Waals surface area contributed by atoms with Crippen molar-refractivity contribution in [3.8, 4) is 5.69 Å². The third-order valence-electron chi connectivity index (χ3n) is 1.86. The fraction of sp³-hybridized carbons (Fsp3) is 0.100. The number of nitrogens with zero attached hydrogens (tertiary/aromatic N) is 2. The van der Waals surface area contributed by atoms with Gasteiger partial charge in [-0.2, -0.15) is 5.10 Å². The molecule has 0 saturated heterocycles. The van der Waals surface area contributed by atoms with Crippen molar-refractivity contribution >= 4 is 22.6 Å². The molecular weight excluding hydrogens is 275 g/mol. The Bertz CT molecular complexity index is 364. The molecule has 0 bridgehead atoms. The number of rotatable bonds is 2. The maximum Gasteiger partial charge on any atom is 0.0645 e. The van der Waals surface area contributed by atoms with Gasteiger partial charge in [-0.15, -0.1) is 0 Å². The Kier molecular flexibility index (Phi) is 2.63. The molecule has 0 aliphatic heterocycles. The highest BCUT2D eigenvalue weighted by atomic mass is 127. The summed E-state index contributed by atoms with van der Waals surface area (Å²) in [7, 11) is 0. The number of benzene rings is 1. The number of aromatic nitrogens is 2. The fourth-order valence-electron chi connectivity index (χ4n) is 1.16. The molecule has 1 aromatic carbocycles. The highest BCUT2D eigenvalue weighted by Gasteiger charge is 1.94. The van der Waals surface area contributed by atoms with Gasteiger partial charge in [0.15, 0.2) is 0 Å². The second kappa shape index (κ2) is 3.91. The first-order chi connectivity index (χ1) is 6.40. The molecule has 0 N–H and O–H groups in total. The first-order valence-corrected chi connectivity index (χ1v) is 5.57. The van der Waals surface area contributed by atoms with E-state index in [1.807, 2.05) is 16.9 Å². The summed E-state index contributed by atoms with van der Waals surface area (Å²) in [5.41, 5.74) is 2.45. The third kappa shape index (κ3) is 1.91.